The number of anilines is 4. The summed E-state index contributed by atoms with van der Waals surface area (Å²) in [7, 11) is 1.71. The Morgan fingerprint density at radius 2 is 2.06 bits per heavy atom. The van der Waals surface area contributed by atoms with Crippen LogP contribution in [-0.2, 0) is 4.79 Å². The predicted molar refractivity (Wildman–Crippen MR) is 128 cm³/mol. The van der Waals surface area contributed by atoms with Gasteiger partial charge < -0.3 is 20.9 Å². The quantitative estimate of drug-likeness (QED) is 0.470. The molecule has 11 nitrogen and oxygen atoms in total. The number of alkyl halides is 2. The van der Waals surface area contributed by atoms with Crippen LogP contribution in [0.3, 0.4) is 0 Å². The number of hydrogen-bond donors (Lipinski definition) is 3. The van der Waals surface area contributed by atoms with E-state index in [1.165, 1.54) is 19.2 Å². The number of aromatic nitrogens is 5. The van der Waals surface area contributed by atoms with E-state index in [1.807, 2.05) is 5.32 Å². The molecule has 2 amide bonds. The third-order valence-corrected chi connectivity index (χ3v) is 6.40. The average Bonchev–Trinajstić information content (AvgIpc) is 3.63. The van der Waals surface area contributed by atoms with Crippen molar-refractivity contribution in [2.45, 2.75) is 39.3 Å². The van der Waals surface area contributed by atoms with Gasteiger partial charge in [-0.2, -0.15) is 8.78 Å². The number of fused-ring (bicyclic) bond motifs is 3. The normalized spacial score (nSPS) is 18.0. The van der Waals surface area contributed by atoms with E-state index in [1.54, 1.807) is 24.9 Å². The number of nitrogens with zero attached hydrogens (tertiary/aromatic N) is 6. The third-order valence-electron chi connectivity index (χ3n) is 6.40. The van der Waals surface area contributed by atoms with E-state index in [9.17, 15) is 18.4 Å². The highest BCUT2D eigenvalue weighted by Gasteiger charge is 2.36. The van der Waals surface area contributed by atoms with E-state index in [0.29, 0.717) is 22.6 Å². The van der Waals surface area contributed by atoms with Gasteiger partial charge >= 0.3 is 6.55 Å². The van der Waals surface area contributed by atoms with Crippen molar-refractivity contribution >= 4 is 34.8 Å². The number of imidazole rings is 1. The van der Waals surface area contributed by atoms with Crippen LogP contribution in [0, 0.1) is 12.8 Å². The summed E-state index contributed by atoms with van der Waals surface area (Å²) in [6, 6.07) is 2.49. The van der Waals surface area contributed by atoms with Gasteiger partial charge in [0.15, 0.2) is 17.3 Å². The summed E-state index contributed by atoms with van der Waals surface area (Å²) in [5.74, 6) is -0.939. The third kappa shape index (κ3) is 3.89. The molecule has 2 aliphatic rings. The first-order valence-corrected chi connectivity index (χ1v) is 11.2. The highest BCUT2D eigenvalue weighted by Crippen LogP contribution is 2.48. The zero-order valence-electron chi connectivity index (χ0n) is 22.6. The first-order valence-electron chi connectivity index (χ1n) is 12.7. The number of carbonyl (C=O) groups is 2. The van der Waals surface area contributed by atoms with Gasteiger partial charge in [0.25, 0.3) is 5.91 Å². The molecule has 0 aromatic carbocycles. The van der Waals surface area contributed by atoms with Gasteiger partial charge in [-0.15, -0.1) is 10.2 Å². The van der Waals surface area contributed by atoms with E-state index >= 15 is 0 Å². The second-order valence-electron chi connectivity index (χ2n) is 8.72. The van der Waals surface area contributed by atoms with E-state index in [2.05, 4.69) is 30.8 Å². The molecule has 1 fully saturated rings. The summed E-state index contributed by atoms with van der Waals surface area (Å²) < 4.78 is 50.8. The lowest BCUT2D eigenvalue weighted by Gasteiger charge is -2.35. The molecule has 36 heavy (non-hydrogen) atoms. The van der Waals surface area contributed by atoms with Crippen molar-refractivity contribution < 1.29 is 22.5 Å². The van der Waals surface area contributed by atoms with Gasteiger partial charge in [-0.3, -0.25) is 14.2 Å². The van der Waals surface area contributed by atoms with Gasteiger partial charge in [0.1, 0.15) is 5.82 Å². The Hall–Kier alpha value is -4.16. The molecule has 5 rings (SSSR count). The van der Waals surface area contributed by atoms with Crippen LogP contribution in [0.1, 0.15) is 58.5 Å². The number of rotatable bonds is 6. The molecule has 3 aromatic rings. The van der Waals surface area contributed by atoms with Crippen molar-refractivity contribution in [3.63, 3.8) is 0 Å². The Kier molecular flexibility index (Phi) is 4.91. The number of pyridine rings is 1. The van der Waals surface area contributed by atoms with Crippen molar-refractivity contribution in [2.75, 3.05) is 29.6 Å². The van der Waals surface area contributed by atoms with E-state index < -0.39 is 25.5 Å². The summed E-state index contributed by atoms with van der Waals surface area (Å²) in [6.07, 6.45) is 2.98. The summed E-state index contributed by atoms with van der Waals surface area (Å²) in [5, 5.41) is 15.3. The molecule has 188 valence electrons. The molecule has 1 aliphatic carbocycles. The molecule has 3 N–H and O–H groups in total. The molecule has 13 heteroatoms. The number of halogens is 2. The number of nitrogens with one attached hydrogen (secondary N) is 3. The van der Waals surface area contributed by atoms with E-state index in [-0.39, 0.29) is 40.7 Å². The van der Waals surface area contributed by atoms with Gasteiger partial charge in [0.05, 0.1) is 28.8 Å². The Labute approximate surface area is 209 Å². The lowest BCUT2D eigenvalue weighted by atomic mass is 9.98. The van der Waals surface area contributed by atoms with Crippen molar-refractivity contribution in [3.05, 3.63) is 35.5 Å². The number of aryl methyl sites for hydroxylation is 1. The average molecular weight is 501 g/mol. The summed E-state index contributed by atoms with van der Waals surface area (Å²) >= 11 is 0. The largest absolute Gasteiger partial charge is 0.363 e. The molecule has 0 unspecified atom stereocenters. The molecular formula is C23H25F2N9O2. The maximum Gasteiger partial charge on any atom is 0.320 e. The van der Waals surface area contributed by atoms with Crippen molar-refractivity contribution in [1.29, 1.82) is 0 Å². The Morgan fingerprint density at radius 3 is 2.75 bits per heavy atom. The summed E-state index contributed by atoms with van der Waals surface area (Å²) in [4.78, 5) is 35.6. The molecule has 3 aromatic heterocycles. The molecule has 1 aliphatic heterocycles. The van der Waals surface area contributed by atoms with Crippen LogP contribution >= 0.6 is 0 Å². The van der Waals surface area contributed by atoms with Crippen LogP contribution in [0.5, 0.6) is 0 Å². The molecule has 0 spiro atoms. The first kappa shape index (κ1) is 20.1. The summed E-state index contributed by atoms with van der Waals surface area (Å²) in [5.41, 5.74) is 1.45. The maximum atomic E-state index is 13.9. The van der Waals surface area contributed by atoms with Gasteiger partial charge in [0.2, 0.25) is 5.91 Å². The lowest BCUT2D eigenvalue weighted by Crippen LogP contribution is -2.29. The van der Waals surface area contributed by atoms with E-state index in [4.69, 9.17) is 4.11 Å². The topological polar surface area (TPSA) is 130 Å². The van der Waals surface area contributed by atoms with Gasteiger partial charge in [-0.1, -0.05) is 0 Å². The maximum absolute atomic E-state index is 13.9. The molecule has 1 atom stereocenters. The molecule has 0 radical (unpaired) electrons. The van der Waals surface area contributed by atoms with Gasteiger partial charge in [-0.25, -0.2) is 9.97 Å². The molecule has 0 saturated heterocycles. The number of carbonyl (C=O) groups excluding carboxylic acids is 2. The zero-order chi connectivity index (χ0) is 28.2. The smallest absolute Gasteiger partial charge is 0.320 e. The number of hydrogen-bond acceptors (Lipinski definition) is 8. The van der Waals surface area contributed by atoms with Crippen LogP contribution in [-0.4, -0.2) is 50.6 Å². The zero-order valence-corrected chi connectivity index (χ0v) is 19.6. The molecular weight excluding hydrogens is 472 g/mol. The Balaban J connectivity index is 1.59. The van der Waals surface area contributed by atoms with Crippen LogP contribution in [0.15, 0.2) is 18.3 Å². The second kappa shape index (κ2) is 8.81. The van der Waals surface area contributed by atoms with Crippen LogP contribution in [0.2, 0.25) is 0 Å². The minimum Gasteiger partial charge on any atom is -0.363 e. The van der Waals surface area contributed by atoms with Crippen LogP contribution < -0.4 is 20.9 Å². The highest BCUT2D eigenvalue weighted by molar-refractivity contribution is 6.00. The predicted octanol–water partition coefficient (Wildman–Crippen LogP) is 3.40. The second-order valence-corrected chi connectivity index (χ2v) is 8.72. The molecule has 0 bridgehead atoms. The summed E-state index contributed by atoms with van der Waals surface area (Å²) in [6.45, 7) is -2.29. The Bertz CT molecular complexity index is 1470. The molecule has 1 saturated carbocycles. The fourth-order valence-electron chi connectivity index (χ4n) is 4.35. The highest BCUT2D eigenvalue weighted by atomic mass is 19.3. The van der Waals surface area contributed by atoms with Crippen molar-refractivity contribution in [1.82, 2.24) is 30.0 Å². The van der Waals surface area contributed by atoms with Gasteiger partial charge in [0, 0.05) is 41.9 Å². The van der Waals surface area contributed by atoms with Crippen LogP contribution in [0.25, 0.3) is 11.3 Å². The lowest BCUT2D eigenvalue weighted by molar-refractivity contribution is -0.117. The Morgan fingerprint density at radius 1 is 1.28 bits per heavy atom. The first-order chi connectivity index (χ1) is 18.4. The van der Waals surface area contributed by atoms with Gasteiger partial charge in [-0.05, 0) is 32.8 Å². The van der Waals surface area contributed by atoms with Crippen molar-refractivity contribution in [2.24, 2.45) is 5.92 Å². The molecule has 4 heterocycles. The monoisotopic (exact) mass is 500 g/mol. The standard InChI is InChI=1S/C23H25F2N9O2/c1-10-18-16(28-11(2)34(18)23(24)25)13-7-8-27-20(19(13)33(10)4)29-14-9-15(30-21(35)12-5-6-12)31-32-17(14)22(36)26-3/h7-10,12,23H,5-6H2,1-4H3,(H,26,36)(H2,27,29,30,31,35)/t10-/m1/s1/i3D3. The fourth-order valence-corrected chi connectivity index (χ4v) is 4.35. The minimum absolute atomic E-state index is 0.0277. The fraction of sp³-hybridized carbons (Fsp3) is 0.391. The SMILES string of the molecule is [2H]C([2H])([2H])NC(=O)c1nnc(NC(=O)C2CC2)cc1Nc1nccc2c1N(C)[C@H](C)c1c-2nc(C)n1C(F)F. The number of amides is 2. The van der Waals surface area contributed by atoms with E-state index in [0.717, 1.165) is 17.4 Å². The van der Waals surface area contributed by atoms with Crippen molar-refractivity contribution in [3.8, 4) is 11.3 Å². The van der Waals surface area contributed by atoms with Crippen LogP contribution in [0.4, 0.5) is 31.8 Å². The minimum atomic E-state index is -2.79.